The topological polar surface area (TPSA) is 101 Å². The molecule has 0 aliphatic heterocycles. The number of rotatable bonds is 6. The average Bonchev–Trinajstić information content (AvgIpc) is 2.37. The van der Waals surface area contributed by atoms with Crippen LogP contribution in [-0.2, 0) is 14.6 Å². The fourth-order valence-electron chi connectivity index (χ4n) is 1.93. The van der Waals surface area contributed by atoms with Crippen LogP contribution in [0, 0.1) is 6.92 Å². The third kappa shape index (κ3) is 4.56. The van der Waals surface area contributed by atoms with E-state index in [0.29, 0.717) is 18.4 Å². The quantitative estimate of drug-likeness (QED) is 0.826. The van der Waals surface area contributed by atoms with E-state index in [0.717, 1.165) is 6.26 Å². The molecule has 1 aromatic carbocycles. The zero-order chi connectivity index (χ0) is 16.2. The zero-order valence-electron chi connectivity index (χ0n) is 12.2. The number of amides is 1. The van der Waals surface area contributed by atoms with Gasteiger partial charge in [0.15, 0.2) is 9.84 Å². The van der Waals surface area contributed by atoms with Gasteiger partial charge in [-0.25, -0.2) is 13.2 Å². The third-order valence-electron chi connectivity index (χ3n) is 3.03. The van der Waals surface area contributed by atoms with Crippen LogP contribution in [0.2, 0.25) is 0 Å². The molecule has 0 saturated heterocycles. The Bertz CT molecular complexity index is 651. The van der Waals surface area contributed by atoms with E-state index in [9.17, 15) is 18.0 Å². The second-order valence-electron chi connectivity index (χ2n) is 4.91. The largest absolute Gasteiger partial charge is 0.480 e. The number of sulfone groups is 1. The van der Waals surface area contributed by atoms with Crippen molar-refractivity contribution in [3.05, 3.63) is 29.3 Å². The molecule has 6 nitrogen and oxygen atoms in total. The van der Waals surface area contributed by atoms with Gasteiger partial charge in [-0.1, -0.05) is 19.4 Å². The molecule has 0 aliphatic carbocycles. The van der Waals surface area contributed by atoms with Crippen molar-refractivity contribution < 1.29 is 23.1 Å². The maximum Gasteiger partial charge on any atom is 0.326 e. The van der Waals surface area contributed by atoms with Crippen molar-refractivity contribution in [2.24, 2.45) is 0 Å². The predicted octanol–water partition coefficient (Wildman–Crippen LogP) is 1.38. The highest BCUT2D eigenvalue weighted by Gasteiger charge is 2.21. The number of benzene rings is 1. The molecule has 116 valence electrons. The van der Waals surface area contributed by atoms with Gasteiger partial charge in [-0.05, 0) is 31.0 Å². The Hall–Kier alpha value is -1.89. The summed E-state index contributed by atoms with van der Waals surface area (Å²) in [6.07, 6.45) is 1.99. The summed E-state index contributed by atoms with van der Waals surface area (Å²) in [4.78, 5) is 23.1. The molecule has 0 radical (unpaired) electrons. The van der Waals surface area contributed by atoms with E-state index in [1.54, 1.807) is 6.92 Å². The van der Waals surface area contributed by atoms with Crippen LogP contribution in [0.15, 0.2) is 23.1 Å². The van der Waals surface area contributed by atoms with Gasteiger partial charge in [0.1, 0.15) is 6.04 Å². The van der Waals surface area contributed by atoms with Crippen LogP contribution < -0.4 is 5.32 Å². The molecule has 1 rings (SSSR count). The lowest BCUT2D eigenvalue weighted by atomic mass is 10.1. The first-order valence-electron chi connectivity index (χ1n) is 6.51. The highest BCUT2D eigenvalue weighted by Crippen LogP contribution is 2.17. The maximum absolute atomic E-state index is 12.1. The zero-order valence-corrected chi connectivity index (χ0v) is 13.0. The summed E-state index contributed by atoms with van der Waals surface area (Å²) in [6, 6.07) is 3.29. The van der Waals surface area contributed by atoms with Gasteiger partial charge in [0.05, 0.1) is 4.90 Å². The molecule has 0 bridgehead atoms. The number of hydrogen-bond donors (Lipinski definition) is 2. The Morgan fingerprint density at radius 1 is 1.33 bits per heavy atom. The number of carbonyl (C=O) groups is 2. The Labute approximate surface area is 124 Å². The minimum Gasteiger partial charge on any atom is -0.480 e. The van der Waals surface area contributed by atoms with Gasteiger partial charge in [-0.2, -0.15) is 0 Å². The first-order valence-corrected chi connectivity index (χ1v) is 8.40. The van der Waals surface area contributed by atoms with E-state index in [-0.39, 0.29) is 10.5 Å². The van der Waals surface area contributed by atoms with Crippen LogP contribution in [0.3, 0.4) is 0 Å². The van der Waals surface area contributed by atoms with Crippen LogP contribution in [0.4, 0.5) is 0 Å². The minimum absolute atomic E-state index is 0.0671. The van der Waals surface area contributed by atoms with Crippen molar-refractivity contribution in [1.82, 2.24) is 5.32 Å². The highest BCUT2D eigenvalue weighted by atomic mass is 32.2. The van der Waals surface area contributed by atoms with Crippen molar-refractivity contribution in [2.45, 2.75) is 37.6 Å². The number of aryl methyl sites for hydroxylation is 1. The fraction of sp³-hybridized carbons (Fsp3) is 0.429. The smallest absolute Gasteiger partial charge is 0.326 e. The second-order valence-corrected chi connectivity index (χ2v) is 6.89. The Morgan fingerprint density at radius 2 is 1.95 bits per heavy atom. The number of hydrogen-bond acceptors (Lipinski definition) is 4. The molecule has 7 heteroatoms. The lowest BCUT2D eigenvalue weighted by molar-refractivity contribution is -0.139. The summed E-state index contributed by atoms with van der Waals surface area (Å²) in [5.74, 6) is -1.71. The van der Waals surface area contributed by atoms with E-state index in [1.807, 2.05) is 6.92 Å². The monoisotopic (exact) mass is 313 g/mol. The summed E-state index contributed by atoms with van der Waals surface area (Å²) in [7, 11) is -3.44. The van der Waals surface area contributed by atoms with E-state index in [1.165, 1.54) is 18.2 Å². The second kappa shape index (κ2) is 6.71. The minimum atomic E-state index is -3.44. The Morgan fingerprint density at radius 3 is 2.43 bits per heavy atom. The van der Waals surface area contributed by atoms with E-state index < -0.39 is 27.8 Å². The average molecular weight is 313 g/mol. The number of nitrogens with one attached hydrogen (secondary N) is 1. The number of aliphatic carboxylic acids is 1. The first kappa shape index (κ1) is 17.2. The van der Waals surface area contributed by atoms with Gasteiger partial charge in [0.2, 0.25) is 0 Å². The molecule has 1 atom stereocenters. The number of carboxylic acids is 1. The van der Waals surface area contributed by atoms with Gasteiger partial charge in [0, 0.05) is 11.8 Å². The molecular weight excluding hydrogens is 294 g/mol. The van der Waals surface area contributed by atoms with E-state index in [2.05, 4.69) is 5.32 Å². The highest BCUT2D eigenvalue weighted by molar-refractivity contribution is 7.90. The van der Waals surface area contributed by atoms with Crippen molar-refractivity contribution in [1.29, 1.82) is 0 Å². The van der Waals surface area contributed by atoms with Crippen molar-refractivity contribution in [2.75, 3.05) is 6.26 Å². The molecule has 2 N–H and O–H groups in total. The molecule has 0 aromatic heterocycles. The van der Waals surface area contributed by atoms with Crippen molar-refractivity contribution in [3.63, 3.8) is 0 Å². The first-order chi connectivity index (χ1) is 9.66. The molecule has 0 spiro atoms. The third-order valence-corrected chi connectivity index (χ3v) is 4.27. The Kier molecular flexibility index (Phi) is 5.48. The molecule has 0 saturated carbocycles. The standard InChI is InChI=1S/C14H19NO5S/c1-4-5-11(14(17)18)15-13(16)10-7-6-9(2)12(8-10)21(3,19)20/h6-8,11H,4-5H2,1-3H3,(H,15,16)(H,17,18). The molecule has 1 aromatic rings. The fourth-order valence-corrected chi connectivity index (χ4v) is 2.92. The number of carboxylic acid groups (broad SMARTS) is 1. The van der Waals surface area contributed by atoms with Gasteiger partial charge in [0.25, 0.3) is 5.91 Å². The lowest BCUT2D eigenvalue weighted by Gasteiger charge is -2.14. The molecule has 0 heterocycles. The molecule has 1 amide bonds. The van der Waals surface area contributed by atoms with Gasteiger partial charge in [-0.15, -0.1) is 0 Å². The molecule has 0 fully saturated rings. The maximum atomic E-state index is 12.1. The van der Waals surface area contributed by atoms with Crippen molar-refractivity contribution >= 4 is 21.7 Å². The van der Waals surface area contributed by atoms with E-state index in [4.69, 9.17) is 5.11 Å². The summed E-state index contributed by atoms with van der Waals surface area (Å²) < 4.78 is 23.3. The van der Waals surface area contributed by atoms with E-state index >= 15 is 0 Å². The van der Waals surface area contributed by atoms with Gasteiger partial charge >= 0.3 is 5.97 Å². The predicted molar refractivity (Wildman–Crippen MR) is 78.1 cm³/mol. The summed E-state index contributed by atoms with van der Waals surface area (Å²) in [5, 5.41) is 11.4. The normalized spacial score (nSPS) is 12.7. The number of carbonyl (C=O) groups excluding carboxylic acids is 1. The lowest BCUT2D eigenvalue weighted by Crippen LogP contribution is -2.40. The van der Waals surface area contributed by atoms with Crippen LogP contribution in [0.5, 0.6) is 0 Å². The van der Waals surface area contributed by atoms with Crippen LogP contribution in [0.25, 0.3) is 0 Å². The van der Waals surface area contributed by atoms with Crippen LogP contribution in [0.1, 0.15) is 35.7 Å². The Balaban J connectivity index is 3.06. The van der Waals surface area contributed by atoms with Crippen LogP contribution in [-0.4, -0.2) is 37.7 Å². The van der Waals surface area contributed by atoms with Gasteiger partial charge < -0.3 is 10.4 Å². The summed E-state index contributed by atoms with van der Waals surface area (Å²) in [5.41, 5.74) is 0.667. The SMILES string of the molecule is CCCC(NC(=O)c1ccc(C)c(S(C)(=O)=O)c1)C(=O)O. The molecule has 1 unspecified atom stereocenters. The molecular formula is C14H19NO5S. The molecule has 21 heavy (non-hydrogen) atoms. The van der Waals surface area contributed by atoms with Crippen LogP contribution >= 0.6 is 0 Å². The summed E-state index contributed by atoms with van der Waals surface area (Å²) in [6.45, 7) is 3.45. The molecule has 0 aliphatic rings. The van der Waals surface area contributed by atoms with Gasteiger partial charge in [-0.3, -0.25) is 4.79 Å². The van der Waals surface area contributed by atoms with Crippen molar-refractivity contribution in [3.8, 4) is 0 Å². The summed E-state index contributed by atoms with van der Waals surface area (Å²) >= 11 is 0.